The van der Waals surface area contributed by atoms with E-state index in [0.717, 1.165) is 11.1 Å². The molecule has 1 aromatic rings. The Balaban J connectivity index is 3.05. The van der Waals surface area contributed by atoms with Crippen LogP contribution in [0.15, 0.2) is 12.1 Å². The van der Waals surface area contributed by atoms with E-state index in [4.69, 9.17) is 10.8 Å². The molecule has 0 fully saturated rings. The summed E-state index contributed by atoms with van der Waals surface area (Å²) >= 11 is 0. The fourth-order valence-corrected chi connectivity index (χ4v) is 1.13. The monoisotopic (exact) mass is 169 g/mol. The van der Waals surface area contributed by atoms with E-state index in [-0.39, 0.29) is 5.75 Å². The molecule has 0 saturated carbocycles. The minimum absolute atomic E-state index is 0.298. The van der Waals surface area contributed by atoms with E-state index < -0.39 is 5.82 Å². The van der Waals surface area contributed by atoms with E-state index in [2.05, 4.69) is 0 Å². The molecule has 66 valence electrons. The summed E-state index contributed by atoms with van der Waals surface area (Å²) in [6.45, 7) is 2.31. The van der Waals surface area contributed by atoms with Crippen molar-refractivity contribution in [1.29, 1.82) is 0 Å². The molecular weight excluding hydrogens is 157 g/mol. The van der Waals surface area contributed by atoms with Gasteiger partial charge >= 0.3 is 0 Å². The molecule has 0 radical (unpaired) electrons. The van der Waals surface area contributed by atoms with Crippen molar-refractivity contribution in [1.82, 2.24) is 0 Å². The first kappa shape index (κ1) is 9.00. The third-order valence-electron chi connectivity index (χ3n) is 1.82. The average molecular weight is 169 g/mol. The average Bonchev–Trinajstić information content (AvgIpc) is 2.01. The summed E-state index contributed by atoms with van der Waals surface area (Å²) < 4.78 is 12.8. The van der Waals surface area contributed by atoms with E-state index in [1.54, 1.807) is 0 Å². The maximum atomic E-state index is 12.8. The van der Waals surface area contributed by atoms with Crippen molar-refractivity contribution in [2.45, 2.75) is 13.3 Å². The van der Waals surface area contributed by atoms with Gasteiger partial charge in [-0.2, -0.15) is 0 Å². The topological polar surface area (TPSA) is 46.2 Å². The van der Waals surface area contributed by atoms with Gasteiger partial charge < -0.3 is 10.8 Å². The summed E-state index contributed by atoms with van der Waals surface area (Å²) in [5, 5.41) is 8.99. The number of benzene rings is 1. The van der Waals surface area contributed by atoms with Gasteiger partial charge in [-0.3, -0.25) is 0 Å². The number of phenolic OH excluding ortho intramolecular Hbond substituents is 1. The van der Waals surface area contributed by atoms with Crippen LogP contribution >= 0.6 is 0 Å². The molecule has 0 aromatic heterocycles. The molecule has 3 heteroatoms. The van der Waals surface area contributed by atoms with Gasteiger partial charge in [-0.25, -0.2) is 4.39 Å². The zero-order chi connectivity index (χ0) is 9.14. The molecule has 1 rings (SSSR count). The number of hydrogen-bond acceptors (Lipinski definition) is 2. The van der Waals surface area contributed by atoms with E-state index in [1.165, 1.54) is 12.1 Å². The Labute approximate surface area is 70.8 Å². The molecular formula is C9H12FNO. The second kappa shape index (κ2) is 3.54. The maximum Gasteiger partial charge on any atom is 0.165 e. The van der Waals surface area contributed by atoms with E-state index in [0.29, 0.717) is 13.0 Å². The van der Waals surface area contributed by atoms with Crippen molar-refractivity contribution in [2.75, 3.05) is 6.54 Å². The van der Waals surface area contributed by atoms with Crippen molar-refractivity contribution in [2.24, 2.45) is 5.73 Å². The van der Waals surface area contributed by atoms with Crippen molar-refractivity contribution in [3.05, 3.63) is 29.1 Å². The highest BCUT2D eigenvalue weighted by molar-refractivity contribution is 5.35. The first-order chi connectivity index (χ1) is 5.65. The Bertz CT molecular complexity index is 286. The molecule has 2 nitrogen and oxygen atoms in total. The van der Waals surface area contributed by atoms with Gasteiger partial charge in [0, 0.05) is 0 Å². The highest BCUT2D eigenvalue weighted by Gasteiger charge is 2.04. The third-order valence-corrected chi connectivity index (χ3v) is 1.82. The Kier molecular flexibility index (Phi) is 2.65. The Hall–Kier alpha value is -1.09. The summed E-state index contributed by atoms with van der Waals surface area (Å²) in [5.74, 6) is -0.877. The van der Waals surface area contributed by atoms with Crippen molar-refractivity contribution < 1.29 is 9.50 Å². The third kappa shape index (κ3) is 1.74. The second-order valence-corrected chi connectivity index (χ2v) is 2.77. The SMILES string of the molecule is Cc1cc(O)c(F)cc1CCN. The highest BCUT2D eigenvalue weighted by atomic mass is 19.1. The highest BCUT2D eigenvalue weighted by Crippen LogP contribution is 2.20. The van der Waals surface area contributed by atoms with Crippen LogP contribution in [0.3, 0.4) is 0 Å². The molecule has 0 aliphatic carbocycles. The lowest BCUT2D eigenvalue weighted by Gasteiger charge is -2.05. The van der Waals surface area contributed by atoms with Crippen LogP contribution in [0, 0.1) is 12.7 Å². The molecule has 0 amide bonds. The van der Waals surface area contributed by atoms with Crippen LogP contribution in [0.25, 0.3) is 0 Å². The number of halogens is 1. The number of aromatic hydroxyl groups is 1. The molecule has 0 atom stereocenters. The molecule has 0 bridgehead atoms. The van der Waals surface area contributed by atoms with Crippen LogP contribution in [-0.4, -0.2) is 11.7 Å². The Morgan fingerprint density at radius 1 is 1.50 bits per heavy atom. The smallest absolute Gasteiger partial charge is 0.165 e. The minimum Gasteiger partial charge on any atom is -0.505 e. The first-order valence-corrected chi connectivity index (χ1v) is 3.83. The number of nitrogens with two attached hydrogens (primary N) is 1. The number of aryl methyl sites for hydroxylation is 1. The maximum absolute atomic E-state index is 12.8. The first-order valence-electron chi connectivity index (χ1n) is 3.83. The summed E-state index contributed by atoms with van der Waals surface area (Å²) in [5.41, 5.74) is 7.06. The van der Waals surface area contributed by atoms with E-state index in [1.807, 2.05) is 6.92 Å². The zero-order valence-corrected chi connectivity index (χ0v) is 6.97. The number of rotatable bonds is 2. The van der Waals surface area contributed by atoms with Crippen LogP contribution < -0.4 is 5.73 Å². The molecule has 12 heavy (non-hydrogen) atoms. The van der Waals surface area contributed by atoms with Crippen molar-refractivity contribution in [3.63, 3.8) is 0 Å². The molecule has 0 aliphatic heterocycles. The summed E-state index contributed by atoms with van der Waals surface area (Å²) in [4.78, 5) is 0. The van der Waals surface area contributed by atoms with Crippen LogP contribution in [0.2, 0.25) is 0 Å². The van der Waals surface area contributed by atoms with Crippen LogP contribution in [-0.2, 0) is 6.42 Å². The van der Waals surface area contributed by atoms with Gasteiger partial charge in [-0.05, 0) is 43.1 Å². The van der Waals surface area contributed by atoms with Gasteiger partial charge in [0.05, 0.1) is 0 Å². The van der Waals surface area contributed by atoms with Gasteiger partial charge in [-0.15, -0.1) is 0 Å². The van der Waals surface area contributed by atoms with Gasteiger partial charge in [0.25, 0.3) is 0 Å². The molecule has 1 aromatic carbocycles. The second-order valence-electron chi connectivity index (χ2n) is 2.77. The van der Waals surface area contributed by atoms with Crippen LogP contribution in [0.5, 0.6) is 5.75 Å². The quantitative estimate of drug-likeness (QED) is 0.701. The molecule has 3 N–H and O–H groups in total. The lowest BCUT2D eigenvalue weighted by molar-refractivity contribution is 0.431. The molecule has 0 saturated heterocycles. The predicted octanol–water partition coefficient (Wildman–Crippen LogP) is 1.34. The van der Waals surface area contributed by atoms with E-state index in [9.17, 15) is 4.39 Å². The summed E-state index contributed by atoms with van der Waals surface area (Å²) in [7, 11) is 0. The normalized spacial score (nSPS) is 10.2. The number of phenols is 1. The lowest BCUT2D eigenvalue weighted by Crippen LogP contribution is -2.04. The zero-order valence-electron chi connectivity index (χ0n) is 6.97. The van der Waals surface area contributed by atoms with Gasteiger partial charge in [-0.1, -0.05) is 0 Å². The van der Waals surface area contributed by atoms with E-state index >= 15 is 0 Å². The summed E-state index contributed by atoms with van der Waals surface area (Å²) in [6, 6.07) is 2.75. The van der Waals surface area contributed by atoms with Gasteiger partial charge in [0.1, 0.15) is 0 Å². The van der Waals surface area contributed by atoms with Crippen LogP contribution in [0.4, 0.5) is 4.39 Å². The molecule has 0 spiro atoms. The fraction of sp³-hybridized carbons (Fsp3) is 0.333. The lowest BCUT2D eigenvalue weighted by atomic mass is 10.1. The molecule has 0 heterocycles. The predicted molar refractivity (Wildman–Crippen MR) is 45.6 cm³/mol. The Morgan fingerprint density at radius 2 is 2.17 bits per heavy atom. The van der Waals surface area contributed by atoms with Crippen molar-refractivity contribution in [3.8, 4) is 5.75 Å². The summed E-state index contributed by atoms with van der Waals surface area (Å²) in [6.07, 6.45) is 0.642. The van der Waals surface area contributed by atoms with Gasteiger partial charge in [0.15, 0.2) is 11.6 Å². The standard InChI is InChI=1S/C9H12FNO/c1-6-4-9(12)8(10)5-7(6)2-3-11/h4-5,12H,2-3,11H2,1H3. The minimum atomic E-state index is -0.580. The molecule has 0 unspecified atom stereocenters. The van der Waals surface area contributed by atoms with Gasteiger partial charge in [0.2, 0.25) is 0 Å². The van der Waals surface area contributed by atoms with Crippen molar-refractivity contribution >= 4 is 0 Å². The largest absolute Gasteiger partial charge is 0.505 e. The van der Waals surface area contributed by atoms with Crippen LogP contribution in [0.1, 0.15) is 11.1 Å². The number of hydrogen-bond donors (Lipinski definition) is 2. The fourth-order valence-electron chi connectivity index (χ4n) is 1.13. The molecule has 0 aliphatic rings. The Morgan fingerprint density at radius 3 is 2.75 bits per heavy atom.